The second-order valence-electron chi connectivity index (χ2n) is 6.41. The van der Waals surface area contributed by atoms with E-state index in [1.807, 2.05) is 53.1 Å². The van der Waals surface area contributed by atoms with Crippen molar-refractivity contribution in [2.45, 2.75) is 26.4 Å². The van der Waals surface area contributed by atoms with E-state index in [1.54, 1.807) is 18.4 Å². The van der Waals surface area contributed by atoms with E-state index < -0.39 is 0 Å². The Hall–Kier alpha value is -3.13. The summed E-state index contributed by atoms with van der Waals surface area (Å²) < 4.78 is 8.33. The van der Waals surface area contributed by atoms with E-state index in [9.17, 15) is 9.59 Å². The molecule has 0 radical (unpaired) electrons. The molecule has 3 aromatic heterocycles. The number of ether oxygens (including phenoxy) is 1. The molecule has 0 aliphatic heterocycles. The fraction of sp³-hybridized carbons (Fsp3) is 0.250. The summed E-state index contributed by atoms with van der Waals surface area (Å²) in [5, 5.41) is 10.3. The molecule has 1 amide bonds. The normalized spacial score (nSPS) is 11.2. The van der Waals surface area contributed by atoms with Crippen molar-refractivity contribution in [2.24, 2.45) is 0 Å². The summed E-state index contributed by atoms with van der Waals surface area (Å²) in [6, 6.07) is 11.3. The third-order valence-corrected chi connectivity index (χ3v) is 5.51. The standard InChI is InChI=1S/C20H20N4O3S/c1-3-17-22-23(19(26)16-10-14-7-8-28-20(14)24(16)17)12-18(25)21-11-13-5-4-6-15(9-13)27-2/h4-10H,3,11-12H2,1-2H3,(H,21,25). The summed E-state index contributed by atoms with van der Waals surface area (Å²) in [6.07, 6.45) is 0.657. The number of hydrogen-bond donors (Lipinski definition) is 1. The van der Waals surface area contributed by atoms with Crippen LogP contribution in [-0.4, -0.2) is 27.2 Å². The Bertz CT molecular complexity index is 1220. The molecule has 4 aromatic rings. The molecule has 0 bridgehead atoms. The molecule has 0 fully saturated rings. The van der Waals surface area contributed by atoms with Crippen LogP contribution in [-0.2, 0) is 24.3 Å². The molecular weight excluding hydrogens is 376 g/mol. The molecule has 0 unspecified atom stereocenters. The van der Waals surface area contributed by atoms with Crippen molar-refractivity contribution in [1.29, 1.82) is 0 Å². The van der Waals surface area contributed by atoms with E-state index in [4.69, 9.17) is 4.74 Å². The highest BCUT2D eigenvalue weighted by Crippen LogP contribution is 2.24. The van der Waals surface area contributed by atoms with Gasteiger partial charge in [0.25, 0.3) is 5.56 Å². The van der Waals surface area contributed by atoms with Gasteiger partial charge in [-0.15, -0.1) is 11.3 Å². The number of thiophene rings is 1. The highest BCUT2D eigenvalue weighted by Gasteiger charge is 2.15. The lowest BCUT2D eigenvalue weighted by atomic mass is 10.2. The van der Waals surface area contributed by atoms with E-state index in [0.29, 0.717) is 18.5 Å². The summed E-state index contributed by atoms with van der Waals surface area (Å²) in [5.74, 6) is 1.22. The Labute approximate surface area is 165 Å². The highest BCUT2D eigenvalue weighted by atomic mass is 32.1. The largest absolute Gasteiger partial charge is 0.497 e. The van der Waals surface area contributed by atoms with Crippen LogP contribution in [0.2, 0.25) is 0 Å². The predicted molar refractivity (Wildman–Crippen MR) is 109 cm³/mol. The Balaban J connectivity index is 1.57. The van der Waals surface area contributed by atoms with Crippen LogP contribution in [0.3, 0.4) is 0 Å². The minimum absolute atomic E-state index is 0.120. The van der Waals surface area contributed by atoms with Gasteiger partial charge in [0, 0.05) is 18.4 Å². The highest BCUT2D eigenvalue weighted by molar-refractivity contribution is 7.16. The summed E-state index contributed by atoms with van der Waals surface area (Å²) in [6.45, 7) is 2.22. The number of benzene rings is 1. The number of hydrogen-bond acceptors (Lipinski definition) is 5. The van der Waals surface area contributed by atoms with Gasteiger partial charge in [0.15, 0.2) is 0 Å². The number of fused-ring (bicyclic) bond motifs is 3. The van der Waals surface area contributed by atoms with Crippen molar-refractivity contribution in [3.63, 3.8) is 0 Å². The quantitative estimate of drug-likeness (QED) is 0.543. The van der Waals surface area contributed by atoms with Crippen LogP contribution >= 0.6 is 11.3 Å². The average molecular weight is 396 g/mol. The van der Waals surface area contributed by atoms with E-state index >= 15 is 0 Å². The summed E-state index contributed by atoms with van der Waals surface area (Å²) in [4.78, 5) is 26.3. The van der Waals surface area contributed by atoms with E-state index in [0.717, 1.165) is 27.4 Å². The van der Waals surface area contributed by atoms with E-state index in [2.05, 4.69) is 10.4 Å². The number of nitrogens with zero attached hydrogens (tertiary/aromatic N) is 3. The third kappa shape index (κ3) is 3.27. The smallest absolute Gasteiger partial charge is 0.291 e. The average Bonchev–Trinajstić information content (AvgIpc) is 3.30. The van der Waals surface area contributed by atoms with Gasteiger partial charge in [-0.1, -0.05) is 19.1 Å². The first-order valence-corrected chi connectivity index (χ1v) is 9.87. The maximum absolute atomic E-state index is 12.8. The molecule has 0 atom stereocenters. The fourth-order valence-electron chi connectivity index (χ4n) is 3.21. The maximum atomic E-state index is 12.8. The number of aryl methyl sites for hydroxylation is 1. The SMILES string of the molecule is CCc1nn(CC(=O)NCc2cccc(OC)c2)c(=O)c2cc3ccsc3n12. The van der Waals surface area contributed by atoms with Crippen molar-refractivity contribution < 1.29 is 9.53 Å². The number of methoxy groups -OCH3 is 1. The molecule has 28 heavy (non-hydrogen) atoms. The van der Waals surface area contributed by atoms with Crippen molar-refractivity contribution >= 4 is 33.0 Å². The Morgan fingerprint density at radius 3 is 2.93 bits per heavy atom. The van der Waals surface area contributed by atoms with Gasteiger partial charge in [0.05, 0.1) is 7.11 Å². The van der Waals surface area contributed by atoms with E-state index in [1.165, 1.54) is 4.68 Å². The minimum atomic E-state index is -0.267. The molecule has 1 N–H and O–H groups in total. The second kappa shape index (κ2) is 7.47. The van der Waals surface area contributed by atoms with Crippen molar-refractivity contribution in [1.82, 2.24) is 19.5 Å². The Kier molecular flexibility index (Phi) is 4.87. The molecule has 1 aromatic carbocycles. The Morgan fingerprint density at radius 2 is 2.14 bits per heavy atom. The van der Waals surface area contributed by atoms with Crippen LogP contribution in [0.5, 0.6) is 5.75 Å². The molecule has 7 nitrogen and oxygen atoms in total. The monoisotopic (exact) mass is 396 g/mol. The second-order valence-corrected chi connectivity index (χ2v) is 7.30. The molecule has 0 aliphatic carbocycles. The zero-order valence-electron chi connectivity index (χ0n) is 15.6. The molecule has 0 spiro atoms. The van der Waals surface area contributed by atoms with Gasteiger partial charge in [0.2, 0.25) is 5.91 Å². The zero-order chi connectivity index (χ0) is 19.7. The van der Waals surface area contributed by atoms with Gasteiger partial charge in [-0.25, -0.2) is 4.68 Å². The molecule has 144 valence electrons. The summed E-state index contributed by atoms with van der Waals surface area (Å²) in [5.41, 5.74) is 1.20. The van der Waals surface area contributed by atoms with Gasteiger partial charge in [-0.3, -0.25) is 14.0 Å². The van der Waals surface area contributed by atoms with Crippen molar-refractivity contribution in [3.8, 4) is 5.75 Å². The zero-order valence-corrected chi connectivity index (χ0v) is 16.5. The number of amides is 1. The first-order valence-electron chi connectivity index (χ1n) is 8.99. The van der Waals surface area contributed by atoms with E-state index in [-0.39, 0.29) is 18.0 Å². The molecule has 0 saturated heterocycles. The lowest BCUT2D eigenvalue weighted by Crippen LogP contribution is -2.35. The lowest BCUT2D eigenvalue weighted by Gasteiger charge is -2.10. The molecule has 0 aliphatic rings. The molecular formula is C20H20N4O3S. The van der Waals surface area contributed by atoms with Gasteiger partial charge >= 0.3 is 0 Å². The number of rotatable bonds is 6. The first-order chi connectivity index (χ1) is 13.6. The van der Waals surface area contributed by atoms with Gasteiger partial charge in [0.1, 0.15) is 28.5 Å². The number of carbonyl (C=O) groups excluding carboxylic acids is 1. The summed E-state index contributed by atoms with van der Waals surface area (Å²) >= 11 is 1.58. The number of nitrogens with one attached hydrogen (secondary N) is 1. The number of aromatic nitrogens is 3. The van der Waals surface area contributed by atoms with Crippen LogP contribution in [0.15, 0.2) is 46.6 Å². The minimum Gasteiger partial charge on any atom is -0.497 e. The lowest BCUT2D eigenvalue weighted by molar-refractivity contribution is -0.122. The van der Waals surface area contributed by atoms with Crippen LogP contribution in [0.4, 0.5) is 0 Å². The molecule has 4 rings (SSSR count). The molecule has 3 heterocycles. The van der Waals surface area contributed by atoms with Crippen molar-refractivity contribution in [2.75, 3.05) is 7.11 Å². The summed E-state index contributed by atoms with van der Waals surface area (Å²) in [7, 11) is 1.60. The number of carbonyl (C=O) groups is 1. The van der Waals surface area contributed by atoms with Crippen LogP contribution < -0.4 is 15.6 Å². The molecule has 0 saturated carbocycles. The van der Waals surface area contributed by atoms with Crippen LogP contribution in [0.25, 0.3) is 15.7 Å². The van der Waals surface area contributed by atoms with Crippen LogP contribution in [0, 0.1) is 0 Å². The first kappa shape index (κ1) is 18.2. The third-order valence-electron chi connectivity index (χ3n) is 4.59. The maximum Gasteiger partial charge on any atom is 0.291 e. The fourth-order valence-corrected chi connectivity index (χ4v) is 4.13. The topological polar surface area (TPSA) is 77.6 Å². The van der Waals surface area contributed by atoms with Crippen LogP contribution in [0.1, 0.15) is 18.3 Å². The van der Waals surface area contributed by atoms with Gasteiger partial charge in [-0.2, -0.15) is 5.10 Å². The van der Waals surface area contributed by atoms with Crippen molar-refractivity contribution in [3.05, 3.63) is 63.5 Å². The predicted octanol–water partition coefficient (Wildman–Crippen LogP) is 2.60. The van der Waals surface area contributed by atoms with Gasteiger partial charge in [-0.05, 0) is 35.2 Å². The molecule has 8 heteroatoms. The Morgan fingerprint density at radius 1 is 1.29 bits per heavy atom. The van der Waals surface area contributed by atoms with Gasteiger partial charge < -0.3 is 10.1 Å².